The number of ketones is 1. The van der Waals surface area contributed by atoms with Crippen molar-refractivity contribution in [3.8, 4) is 0 Å². The van der Waals surface area contributed by atoms with Crippen LogP contribution in [0.5, 0.6) is 0 Å². The molecular weight excluding hydrogens is 1040 g/mol. The van der Waals surface area contributed by atoms with Crippen LogP contribution in [0.3, 0.4) is 0 Å². The molecule has 0 aromatic carbocycles. The first-order valence-corrected chi connectivity index (χ1v) is 28.9. The average molecular weight is 1140 g/mol. The molecule has 0 fully saturated rings. The summed E-state index contributed by atoms with van der Waals surface area (Å²) in [6.07, 6.45) is 9.93. The number of unbranched alkanes of at least 4 members (excludes halogenated alkanes) is 5. The van der Waals surface area contributed by atoms with Crippen LogP contribution in [-0.4, -0.2) is 167 Å². The van der Waals surface area contributed by atoms with E-state index in [9.17, 15) is 47.9 Å². The van der Waals surface area contributed by atoms with E-state index in [1.807, 2.05) is 6.92 Å². The van der Waals surface area contributed by atoms with E-state index < -0.39 is 65.8 Å². The molecule has 0 aromatic rings. The first kappa shape index (κ1) is 74.6. The van der Waals surface area contributed by atoms with Crippen LogP contribution >= 0.6 is 0 Å². The minimum Gasteiger partial charge on any atom is -0.464 e. The maximum Gasteiger partial charge on any atom is 0.306 e. The summed E-state index contributed by atoms with van der Waals surface area (Å²) in [7, 11) is 0. The summed E-state index contributed by atoms with van der Waals surface area (Å²) in [5, 5.41) is 19.1. The third-order valence-corrected chi connectivity index (χ3v) is 13.0. The highest BCUT2D eigenvalue weighted by Gasteiger charge is 2.26. The number of nitrogens with two attached hydrogens (primary N) is 8. The van der Waals surface area contributed by atoms with Gasteiger partial charge in [0.2, 0.25) is 41.4 Å². The summed E-state index contributed by atoms with van der Waals surface area (Å²) >= 11 is 0. The fraction of sp³-hybridized carbons (Fsp3) is 0.811. The SMILES string of the molecule is CC(CCCCNC(=O)CCC(=O)OCCNC(=O)C(CCCNC(=O)C(N)CCCCN)NC(=O)C(N)CCCCN)NC(=O)CCC(=O)OCCNC(=O)C(CCCNC(=O)C(N)CCCCN)CC(=O)C(N)CCCCN. The Bertz CT molecular complexity index is 1800. The first-order valence-electron chi connectivity index (χ1n) is 28.9. The lowest BCUT2D eigenvalue weighted by Gasteiger charge is -2.21. The molecular formula is C53H103N15O12. The molecule has 0 bridgehead atoms. The zero-order valence-electron chi connectivity index (χ0n) is 47.8. The molecule has 0 rings (SSSR count). The van der Waals surface area contributed by atoms with Crippen molar-refractivity contribution in [3.05, 3.63) is 0 Å². The van der Waals surface area contributed by atoms with E-state index in [1.54, 1.807) is 0 Å². The second-order valence-corrected chi connectivity index (χ2v) is 20.2. The van der Waals surface area contributed by atoms with E-state index >= 15 is 0 Å². The maximum atomic E-state index is 13.2. The van der Waals surface area contributed by atoms with Crippen molar-refractivity contribution in [1.29, 1.82) is 0 Å². The molecule has 23 N–H and O–H groups in total. The number of rotatable bonds is 51. The fourth-order valence-electron chi connectivity index (χ4n) is 8.03. The molecule has 0 aliphatic rings. The molecule has 0 aliphatic carbocycles. The number of nitrogens with one attached hydrogen (secondary N) is 7. The largest absolute Gasteiger partial charge is 0.464 e. The van der Waals surface area contributed by atoms with Crippen LogP contribution in [0, 0.1) is 5.92 Å². The van der Waals surface area contributed by atoms with E-state index in [0.717, 1.165) is 32.1 Å². The van der Waals surface area contributed by atoms with Gasteiger partial charge in [-0.15, -0.1) is 0 Å². The predicted octanol–water partition coefficient (Wildman–Crippen LogP) is -2.67. The Hall–Kier alpha value is -5.42. The van der Waals surface area contributed by atoms with Crippen LogP contribution in [0.4, 0.5) is 0 Å². The maximum absolute atomic E-state index is 13.2. The van der Waals surface area contributed by atoms with Crippen molar-refractivity contribution < 1.29 is 57.4 Å². The molecule has 462 valence electrons. The standard InChI is InChI=1S/C53H103N15O12/c1-37(67-46(71)22-24-48(73)79-34-32-65-49(74)38(36-44(69)39(58)16-2-7-25-54)15-12-30-63-50(75)40(59)17-3-8-26-55)14-6-11-29-62-45(70)21-23-47(72)80-35-33-66-53(78)43(68-52(77)42(61)19-5-10-28-57)20-13-31-64-51(76)41(60)18-4-9-27-56/h37-43H,2-36,54-61H2,1H3,(H,62,70)(H,63,75)(H,64,76)(H,65,74)(H,66,78)(H,67,71)(H,68,77). The first-order chi connectivity index (χ1) is 38.3. The van der Waals surface area contributed by atoms with Gasteiger partial charge in [-0.05, 0) is 129 Å². The topological polar surface area (TPSA) is 482 Å². The Balaban J connectivity index is 4.60. The number of carbonyl (C=O) groups excluding carboxylic acids is 10. The summed E-state index contributed by atoms with van der Waals surface area (Å²) in [4.78, 5) is 126. The van der Waals surface area contributed by atoms with Crippen LogP contribution in [0.1, 0.15) is 161 Å². The Morgan fingerprint density at radius 3 is 1.29 bits per heavy atom. The summed E-state index contributed by atoms with van der Waals surface area (Å²) in [5.74, 6) is -5.04. The summed E-state index contributed by atoms with van der Waals surface area (Å²) in [5.41, 5.74) is 46.1. The van der Waals surface area contributed by atoms with Gasteiger partial charge in [0.25, 0.3) is 0 Å². The highest BCUT2D eigenvalue weighted by atomic mass is 16.5. The quantitative estimate of drug-likeness (QED) is 0.0218. The Morgan fingerprint density at radius 1 is 0.375 bits per heavy atom. The number of esters is 2. The summed E-state index contributed by atoms with van der Waals surface area (Å²) < 4.78 is 10.4. The molecule has 0 heterocycles. The van der Waals surface area contributed by atoms with E-state index in [2.05, 4.69) is 37.2 Å². The lowest BCUT2D eigenvalue weighted by Crippen LogP contribution is -2.52. The normalized spacial score (nSPS) is 13.7. The van der Waals surface area contributed by atoms with Crippen molar-refractivity contribution in [2.75, 3.05) is 72.1 Å². The average Bonchev–Trinajstić information content (AvgIpc) is 3.43. The van der Waals surface area contributed by atoms with Gasteiger partial charge in [-0.3, -0.25) is 47.9 Å². The van der Waals surface area contributed by atoms with Crippen molar-refractivity contribution in [1.82, 2.24) is 37.2 Å². The van der Waals surface area contributed by atoms with Crippen LogP contribution < -0.4 is 83.1 Å². The van der Waals surface area contributed by atoms with Gasteiger partial charge in [0.05, 0.1) is 50.1 Å². The Morgan fingerprint density at radius 2 is 0.787 bits per heavy atom. The molecule has 7 unspecified atom stereocenters. The smallest absolute Gasteiger partial charge is 0.306 e. The molecule has 0 saturated carbocycles. The fourth-order valence-corrected chi connectivity index (χ4v) is 8.03. The molecule has 0 spiro atoms. The van der Waals surface area contributed by atoms with E-state index in [4.69, 9.17) is 55.3 Å². The number of carbonyl (C=O) groups is 10. The highest BCUT2D eigenvalue weighted by molar-refractivity contribution is 5.90. The summed E-state index contributed by atoms with van der Waals surface area (Å²) in [6, 6.07) is -4.13. The zero-order chi connectivity index (χ0) is 59.9. The van der Waals surface area contributed by atoms with Crippen molar-refractivity contribution >= 4 is 59.1 Å². The molecule has 27 heteroatoms. The molecule has 7 amide bonds. The number of hydrogen-bond donors (Lipinski definition) is 15. The van der Waals surface area contributed by atoms with Gasteiger partial charge < -0.3 is 92.6 Å². The lowest BCUT2D eigenvalue weighted by molar-refractivity contribution is -0.145. The van der Waals surface area contributed by atoms with Crippen LogP contribution in [-0.2, 0) is 57.4 Å². The van der Waals surface area contributed by atoms with Gasteiger partial charge in [-0.2, -0.15) is 0 Å². The Labute approximate surface area is 473 Å². The highest BCUT2D eigenvalue weighted by Crippen LogP contribution is 2.15. The van der Waals surface area contributed by atoms with Crippen LogP contribution in [0.25, 0.3) is 0 Å². The molecule has 0 radical (unpaired) electrons. The van der Waals surface area contributed by atoms with Gasteiger partial charge >= 0.3 is 11.9 Å². The molecule has 27 nitrogen and oxygen atoms in total. The second kappa shape index (κ2) is 48.3. The third kappa shape index (κ3) is 39.9. The predicted molar refractivity (Wildman–Crippen MR) is 304 cm³/mol. The molecule has 0 saturated heterocycles. The third-order valence-electron chi connectivity index (χ3n) is 13.0. The summed E-state index contributed by atoms with van der Waals surface area (Å²) in [6.45, 7) is 4.20. The number of Topliss-reactive ketones (excluding diaryl/α,β-unsaturated/α-hetero) is 1. The van der Waals surface area contributed by atoms with Crippen molar-refractivity contribution in [2.24, 2.45) is 51.8 Å². The molecule has 80 heavy (non-hydrogen) atoms. The lowest BCUT2D eigenvalue weighted by atomic mass is 9.92. The van der Waals surface area contributed by atoms with Gasteiger partial charge in [0, 0.05) is 50.9 Å². The van der Waals surface area contributed by atoms with Crippen LogP contribution in [0.2, 0.25) is 0 Å². The molecule has 7 atom stereocenters. The van der Waals surface area contributed by atoms with Gasteiger partial charge in [0.1, 0.15) is 25.0 Å². The number of amides is 7. The van der Waals surface area contributed by atoms with Gasteiger partial charge in [-0.25, -0.2) is 0 Å². The van der Waals surface area contributed by atoms with Crippen LogP contribution in [0.15, 0.2) is 0 Å². The number of ether oxygens (including phenoxy) is 2. The molecule has 0 aromatic heterocycles. The second-order valence-electron chi connectivity index (χ2n) is 20.2. The van der Waals surface area contributed by atoms with E-state index in [0.29, 0.717) is 110 Å². The van der Waals surface area contributed by atoms with E-state index in [1.165, 1.54) is 0 Å². The minimum absolute atomic E-state index is 0.0222. The Kier molecular flexibility index (Phi) is 45.0. The van der Waals surface area contributed by atoms with Crippen molar-refractivity contribution in [2.45, 2.75) is 197 Å². The number of hydrogen-bond acceptors (Lipinski definition) is 20. The molecule has 0 aliphatic heterocycles. The zero-order valence-corrected chi connectivity index (χ0v) is 47.8. The minimum atomic E-state index is -0.976. The monoisotopic (exact) mass is 1140 g/mol. The van der Waals surface area contributed by atoms with Crippen molar-refractivity contribution in [3.63, 3.8) is 0 Å². The van der Waals surface area contributed by atoms with E-state index in [-0.39, 0.29) is 120 Å². The van der Waals surface area contributed by atoms with Gasteiger partial charge in [-0.1, -0.05) is 25.7 Å². The van der Waals surface area contributed by atoms with Gasteiger partial charge in [0.15, 0.2) is 0 Å².